The van der Waals surface area contributed by atoms with E-state index in [0.717, 1.165) is 25.5 Å². The predicted octanol–water partition coefficient (Wildman–Crippen LogP) is -0.135. The second-order valence-corrected chi connectivity index (χ2v) is 4.91. The molecule has 0 saturated heterocycles. The fourth-order valence-corrected chi connectivity index (χ4v) is 2.47. The van der Waals surface area contributed by atoms with E-state index in [1.54, 1.807) is 0 Å². The van der Waals surface area contributed by atoms with Gasteiger partial charge in [-0.25, -0.2) is 4.99 Å². The molecule has 17 heavy (non-hydrogen) atoms. The molecule has 3 nitrogen and oxygen atoms in total. The predicted molar refractivity (Wildman–Crippen MR) is 71.1 cm³/mol. The Labute approximate surface area is 101 Å². The van der Waals surface area contributed by atoms with E-state index in [-0.39, 0.29) is 0 Å². The highest BCUT2D eigenvalue weighted by Gasteiger charge is 2.21. The average molecular weight is 227 g/mol. The van der Waals surface area contributed by atoms with E-state index in [4.69, 9.17) is 4.99 Å². The Balaban J connectivity index is 2.09. The van der Waals surface area contributed by atoms with E-state index in [1.165, 1.54) is 16.1 Å². The van der Waals surface area contributed by atoms with Crippen LogP contribution in [0.15, 0.2) is 29.3 Å². The zero-order valence-corrected chi connectivity index (χ0v) is 10.3. The number of hydrogen-bond acceptors (Lipinski definition) is 3. The molecule has 2 heterocycles. The first-order valence-electron chi connectivity index (χ1n) is 6.00. The van der Waals surface area contributed by atoms with Crippen molar-refractivity contribution in [2.24, 2.45) is 4.99 Å². The minimum absolute atomic E-state index is 0.947. The summed E-state index contributed by atoms with van der Waals surface area (Å²) in [4.78, 5) is 9.31. The number of rotatable bonds is 2. The molecule has 2 aliphatic heterocycles. The molecule has 3 rings (SSSR count). The highest BCUT2D eigenvalue weighted by atomic mass is 15.3. The van der Waals surface area contributed by atoms with Crippen LogP contribution in [0.2, 0.25) is 0 Å². The number of hydrogen-bond donors (Lipinski definition) is 0. The maximum absolute atomic E-state index is 4.79. The van der Waals surface area contributed by atoms with E-state index in [9.17, 15) is 0 Å². The summed E-state index contributed by atoms with van der Waals surface area (Å²) in [6, 6.07) is 8.50. The molecule has 0 aliphatic carbocycles. The highest BCUT2D eigenvalue weighted by Crippen LogP contribution is 2.15. The van der Waals surface area contributed by atoms with Crippen molar-refractivity contribution in [3.05, 3.63) is 34.7 Å². The Kier molecular flexibility index (Phi) is 2.48. The Morgan fingerprint density at radius 3 is 2.94 bits per heavy atom. The van der Waals surface area contributed by atoms with Crippen LogP contribution in [0.25, 0.3) is 11.9 Å². The molecule has 0 amide bonds. The minimum Gasteiger partial charge on any atom is -0.347 e. The number of nitrogens with zero attached hydrogens (tertiary/aromatic N) is 3. The van der Waals surface area contributed by atoms with Crippen LogP contribution in [0.5, 0.6) is 0 Å². The van der Waals surface area contributed by atoms with Crippen LogP contribution in [0.3, 0.4) is 0 Å². The summed E-state index contributed by atoms with van der Waals surface area (Å²) >= 11 is 0. The Morgan fingerprint density at radius 1 is 1.29 bits per heavy atom. The van der Waals surface area contributed by atoms with Gasteiger partial charge in [0.2, 0.25) is 0 Å². The second-order valence-electron chi connectivity index (χ2n) is 4.91. The fraction of sp³-hybridized carbons (Fsp3) is 0.357. The second kappa shape index (κ2) is 4.00. The van der Waals surface area contributed by atoms with Crippen molar-refractivity contribution in [2.45, 2.75) is 0 Å². The summed E-state index contributed by atoms with van der Waals surface area (Å²) < 4.78 is 0. The molecule has 1 aromatic rings. The molecule has 0 N–H and O–H groups in total. The van der Waals surface area contributed by atoms with Gasteiger partial charge in [-0.05, 0) is 19.3 Å². The van der Waals surface area contributed by atoms with Crippen molar-refractivity contribution < 1.29 is 0 Å². The largest absolute Gasteiger partial charge is 0.347 e. The third-order valence-corrected chi connectivity index (χ3v) is 3.17. The lowest BCUT2D eigenvalue weighted by Gasteiger charge is -2.20. The van der Waals surface area contributed by atoms with Crippen LogP contribution < -0.4 is 10.4 Å². The minimum atomic E-state index is 0.947. The topological polar surface area (TPSA) is 18.8 Å². The number of benzene rings is 1. The summed E-state index contributed by atoms with van der Waals surface area (Å²) in [6.07, 6.45) is 2.28. The summed E-state index contributed by atoms with van der Waals surface area (Å²) in [5, 5.41) is 2.58. The van der Waals surface area contributed by atoms with Crippen LogP contribution in [-0.2, 0) is 0 Å². The van der Waals surface area contributed by atoms with Gasteiger partial charge in [-0.3, -0.25) is 0 Å². The molecule has 0 saturated carbocycles. The van der Waals surface area contributed by atoms with Gasteiger partial charge in [0.25, 0.3) is 0 Å². The Morgan fingerprint density at radius 2 is 2.12 bits per heavy atom. The van der Waals surface area contributed by atoms with Gasteiger partial charge in [-0.1, -0.05) is 30.3 Å². The first-order valence-corrected chi connectivity index (χ1v) is 6.00. The molecule has 0 bridgehead atoms. The summed E-state index contributed by atoms with van der Waals surface area (Å²) in [5.41, 5.74) is 1.26. The van der Waals surface area contributed by atoms with Gasteiger partial charge in [0, 0.05) is 18.3 Å². The Bertz CT molecular complexity index is 584. The number of fused-ring (bicyclic) bond motifs is 2. The van der Waals surface area contributed by atoms with E-state index < -0.39 is 0 Å². The van der Waals surface area contributed by atoms with Crippen molar-refractivity contribution in [1.82, 2.24) is 9.80 Å². The van der Waals surface area contributed by atoms with Gasteiger partial charge in [0.05, 0.1) is 12.3 Å². The molecule has 2 aliphatic rings. The van der Waals surface area contributed by atoms with Crippen LogP contribution in [0, 0.1) is 0 Å². The molecule has 1 aromatic carbocycles. The maximum atomic E-state index is 4.79. The summed E-state index contributed by atoms with van der Waals surface area (Å²) in [7, 11) is 4.18. The van der Waals surface area contributed by atoms with Gasteiger partial charge in [-0.15, -0.1) is 0 Å². The zero-order valence-electron chi connectivity index (χ0n) is 10.3. The summed E-state index contributed by atoms with van der Waals surface area (Å²) in [6.45, 7) is 2.90. The number of aliphatic imine (C=N–C) groups is 1. The third-order valence-electron chi connectivity index (χ3n) is 3.17. The summed E-state index contributed by atoms with van der Waals surface area (Å²) in [5.74, 6) is 1.15. The molecular weight excluding hydrogens is 210 g/mol. The molecule has 0 atom stereocenters. The molecule has 3 heteroatoms. The van der Waals surface area contributed by atoms with Gasteiger partial charge < -0.3 is 9.80 Å². The average Bonchev–Trinajstić information content (AvgIpc) is 2.70. The van der Waals surface area contributed by atoms with Gasteiger partial charge in [-0.2, -0.15) is 0 Å². The Hall–Kier alpha value is -1.61. The molecule has 88 valence electrons. The molecular formula is C14H17N3. The zero-order chi connectivity index (χ0) is 11.8. The lowest BCUT2D eigenvalue weighted by atomic mass is 10.2. The highest BCUT2D eigenvalue weighted by molar-refractivity contribution is 5.95. The van der Waals surface area contributed by atoms with Crippen molar-refractivity contribution in [3.8, 4) is 0 Å². The van der Waals surface area contributed by atoms with Crippen LogP contribution in [-0.4, -0.2) is 49.2 Å². The van der Waals surface area contributed by atoms with E-state index in [2.05, 4.69) is 54.2 Å². The van der Waals surface area contributed by atoms with Crippen molar-refractivity contribution in [1.29, 1.82) is 0 Å². The first-order chi connectivity index (χ1) is 8.24. The molecule has 0 aromatic heterocycles. The molecule has 0 fully saturated rings. The van der Waals surface area contributed by atoms with Crippen LogP contribution in [0.4, 0.5) is 0 Å². The lowest BCUT2D eigenvalue weighted by Crippen LogP contribution is -2.38. The van der Waals surface area contributed by atoms with Crippen LogP contribution in [0.1, 0.15) is 0 Å². The standard InChI is InChI=1S/C14H17N3/c1-16(2)9-12-10-17-8-7-11-5-3-4-6-13(11)14(17)15-12/h3-7H,8-10H2,1-2H3. The fourth-order valence-electron chi connectivity index (χ4n) is 2.47. The van der Waals surface area contributed by atoms with Crippen LogP contribution >= 0.6 is 0 Å². The van der Waals surface area contributed by atoms with Crippen molar-refractivity contribution in [3.63, 3.8) is 0 Å². The molecule has 0 unspecified atom stereocenters. The van der Waals surface area contributed by atoms with Crippen molar-refractivity contribution >= 4 is 17.6 Å². The van der Waals surface area contributed by atoms with Gasteiger partial charge in [0.15, 0.2) is 0 Å². The first kappa shape index (κ1) is 10.5. The quantitative estimate of drug-likeness (QED) is 0.700. The van der Waals surface area contributed by atoms with E-state index >= 15 is 0 Å². The molecule has 0 spiro atoms. The third kappa shape index (κ3) is 1.87. The van der Waals surface area contributed by atoms with Gasteiger partial charge >= 0.3 is 0 Å². The van der Waals surface area contributed by atoms with Crippen molar-refractivity contribution in [2.75, 3.05) is 33.7 Å². The monoisotopic (exact) mass is 227 g/mol. The normalized spacial score (nSPS) is 17.7. The van der Waals surface area contributed by atoms with Gasteiger partial charge in [0.1, 0.15) is 5.82 Å². The lowest BCUT2D eigenvalue weighted by molar-refractivity contribution is 0.458. The SMILES string of the molecule is CN(C)CC1=NC2=c3ccccc3=CCN2C1. The maximum Gasteiger partial charge on any atom is 0.137 e. The smallest absolute Gasteiger partial charge is 0.137 e. The van der Waals surface area contributed by atoms with E-state index in [0.29, 0.717) is 0 Å². The van der Waals surface area contributed by atoms with E-state index in [1.807, 2.05) is 0 Å². The molecule has 0 radical (unpaired) electrons.